The molecule has 1 aliphatic carbocycles. The zero-order valence-electron chi connectivity index (χ0n) is 10.9. The van der Waals surface area contributed by atoms with Crippen LogP contribution in [0.4, 0.5) is 0 Å². The van der Waals surface area contributed by atoms with Crippen molar-refractivity contribution in [3.8, 4) is 0 Å². The summed E-state index contributed by atoms with van der Waals surface area (Å²) in [4.78, 5) is 19.6. The molecule has 1 amide bonds. The third kappa shape index (κ3) is 3.29. The SMILES string of the molecule is CN(Cc1nc2c(s1)CCCC2)C(=O)CCCN. The smallest absolute Gasteiger partial charge is 0.222 e. The maximum Gasteiger partial charge on any atom is 0.222 e. The van der Waals surface area contributed by atoms with Gasteiger partial charge in [-0.3, -0.25) is 4.79 Å². The molecule has 18 heavy (non-hydrogen) atoms. The van der Waals surface area contributed by atoms with Crippen molar-refractivity contribution in [1.82, 2.24) is 9.88 Å². The van der Waals surface area contributed by atoms with Gasteiger partial charge in [0.25, 0.3) is 0 Å². The first kappa shape index (κ1) is 13.5. The Morgan fingerprint density at radius 2 is 2.22 bits per heavy atom. The molecule has 4 nitrogen and oxygen atoms in total. The van der Waals surface area contributed by atoms with Crippen LogP contribution < -0.4 is 5.73 Å². The van der Waals surface area contributed by atoms with Gasteiger partial charge in [-0.05, 0) is 38.6 Å². The summed E-state index contributed by atoms with van der Waals surface area (Å²) in [5.41, 5.74) is 6.68. The van der Waals surface area contributed by atoms with E-state index < -0.39 is 0 Å². The predicted octanol–water partition coefficient (Wildman–Crippen LogP) is 1.72. The number of aromatic nitrogens is 1. The van der Waals surface area contributed by atoms with Gasteiger partial charge in [-0.25, -0.2) is 4.98 Å². The number of fused-ring (bicyclic) bond motifs is 1. The molecule has 100 valence electrons. The predicted molar refractivity (Wildman–Crippen MR) is 73.5 cm³/mol. The Labute approximate surface area is 112 Å². The Hall–Kier alpha value is -0.940. The summed E-state index contributed by atoms with van der Waals surface area (Å²) in [5.74, 6) is 0.161. The van der Waals surface area contributed by atoms with E-state index in [1.165, 1.54) is 23.4 Å². The molecule has 1 heterocycles. The van der Waals surface area contributed by atoms with Crippen LogP contribution >= 0.6 is 11.3 Å². The van der Waals surface area contributed by atoms with Crippen molar-refractivity contribution in [1.29, 1.82) is 0 Å². The average Bonchev–Trinajstić information content (AvgIpc) is 2.77. The van der Waals surface area contributed by atoms with Crippen LogP contribution in [0.1, 0.15) is 41.3 Å². The van der Waals surface area contributed by atoms with E-state index in [1.54, 1.807) is 16.2 Å². The topological polar surface area (TPSA) is 59.2 Å². The van der Waals surface area contributed by atoms with Crippen LogP contribution in [-0.4, -0.2) is 29.4 Å². The molecule has 2 rings (SSSR count). The molecule has 1 aromatic rings. The molecule has 0 aromatic carbocycles. The van der Waals surface area contributed by atoms with Crippen LogP contribution in [0.5, 0.6) is 0 Å². The number of rotatable bonds is 5. The number of thiazole rings is 1. The molecular weight excluding hydrogens is 246 g/mol. The molecule has 0 saturated heterocycles. The summed E-state index contributed by atoms with van der Waals surface area (Å²) in [5, 5.41) is 1.07. The number of nitrogens with two attached hydrogens (primary N) is 1. The van der Waals surface area contributed by atoms with E-state index in [2.05, 4.69) is 4.98 Å². The Bertz CT molecular complexity index is 393. The Morgan fingerprint density at radius 1 is 1.44 bits per heavy atom. The Balaban J connectivity index is 1.92. The molecule has 0 radical (unpaired) electrons. The minimum absolute atomic E-state index is 0.161. The quantitative estimate of drug-likeness (QED) is 0.883. The maximum atomic E-state index is 11.8. The summed E-state index contributed by atoms with van der Waals surface area (Å²) in [6.07, 6.45) is 6.10. The van der Waals surface area contributed by atoms with Crippen LogP contribution in [0, 0.1) is 0 Å². The number of nitrogens with zero attached hydrogens (tertiary/aromatic N) is 2. The number of hydrogen-bond donors (Lipinski definition) is 1. The molecule has 1 aromatic heterocycles. The van der Waals surface area contributed by atoms with E-state index in [1.807, 2.05) is 7.05 Å². The fraction of sp³-hybridized carbons (Fsp3) is 0.692. The zero-order chi connectivity index (χ0) is 13.0. The van der Waals surface area contributed by atoms with Gasteiger partial charge in [-0.15, -0.1) is 11.3 Å². The number of aryl methyl sites for hydroxylation is 2. The summed E-state index contributed by atoms with van der Waals surface area (Å²) >= 11 is 1.78. The van der Waals surface area contributed by atoms with Crippen molar-refractivity contribution in [3.63, 3.8) is 0 Å². The van der Waals surface area contributed by atoms with Crippen molar-refractivity contribution in [2.45, 2.75) is 45.1 Å². The van der Waals surface area contributed by atoms with Gasteiger partial charge in [0.15, 0.2) is 0 Å². The molecule has 0 spiro atoms. The summed E-state index contributed by atoms with van der Waals surface area (Å²) in [7, 11) is 1.85. The van der Waals surface area contributed by atoms with Gasteiger partial charge in [0.2, 0.25) is 5.91 Å². The second-order valence-corrected chi connectivity index (χ2v) is 5.99. The Kier molecular flexibility index (Phi) is 4.72. The van der Waals surface area contributed by atoms with Crippen molar-refractivity contribution in [2.24, 2.45) is 5.73 Å². The second kappa shape index (κ2) is 6.29. The normalized spacial score (nSPS) is 14.3. The first-order chi connectivity index (χ1) is 8.70. The zero-order valence-corrected chi connectivity index (χ0v) is 11.8. The van der Waals surface area contributed by atoms with Crippen LogP contribution in [0.25, 0.3) is 0 Å². The van der Waals surface area contributed by atoms with Crippen LogP contribution in [0.15, 0.2) is 0 Å². The van der Waals surface area contributed by atoms with E-state index in [4.69, 9.17) is 5.73 Å². The van der Waals surface area contributed by atoms with Gasteiger partial charge in [-0.1, -0.05) is 0 Å². The van der Waals surface area contributed by atoms with E-state index >= 15 is 0 Å². The van der Waals surface area contributed by atoms with E-state index in [0.717, 1.165) is 24.3 Å². The first-order valence-electron chi connectivity index (χ1n) is 6.62. The molecule has 0 atom stereocenters. The highest BCUT2D eigenvalue weighted by Gasteiger charge is 2.17. The van der Waals surface area contributed by atoms with Crippen LogP contribution in [0.2, 0.25) is 0 Å². The summed E-state index contributed by atoms with van der Waals surface area (Å²) in [6.45, 7) is 1.21. The highest BCUT2D eigenvalue weighted by molar-refractivity contribution is 7.11. The molecule has 0 bridgehead atoms. The molecule has 1 aliphatic rings. The van der Waals surface area contributed by atoms with Crippen molar-refractivity contribution >= 4 is 17.2 Å². The van der Waals surface area contributed by atoms with E-state index in [0.29, 0.717) is 19.5 Å². The lowest BCUT2D eigenvalue weighted by Gasteiger charge is -2.15. The largest absolute Gasteiger partial charge is 0.339 e. The minimum Gasteiger partial charge on any atom is -0.339 e. The molecule has 0 fully saturated rings. The maximum absolute atomic E-state index is 11.8. The summed E-state index contributed by atoms with van der Waals surface area (Å²) < 4.78 is 0. The Morgan fingerprint density at radius 3 is 2.94 bits per heavy atom. The lowest BCUT2D eigenvalue weighted by molar-refractivity contribution is -0.130. The summed E-state index contributed by atoms with van der Waals surface area (Å²) in [6, 6.07) is 0. The number of amides is 1. The third-order valence-electron chi connectivity index (χ3n) is 3.28. The molecule has 5 heteroatoms. The van der Waals surface area contributed by atoms with Gasteiger partial charge >= 0.3 is 0 Å². The first-order valence-corrected chi connectivity index (χ1v) is 7.44. The lowest BCUT2D eigenvalue weighted by Crippen LogP contribution is -2.26. The number of carbonyl (C=O) groups excluding carboxylic acids is 1. The lowest BCUT2D eigenvalue weighted by atomic mass is 10.0. The van der Waals surface area contributed by atoms with Crippen molar-refractivity contribution < 1.29 is 4.79 Å². The van der Waals surface area contributed by atoms with Gasteiger partial charge in [0.1, 0.15) is 5.01 Å². The van der Waals surface area contributed by atoms with Gasteiger partial charge in [0.05, 0.1) is 12.2 Å². The van der Waals surface area contributed by atoms with Crippen molar-refractivity contribution in [3.05, 3.63) is 15.6 Å². The minimum atomic E-state index is 0.161. The standard InChI is InChI=1S/C13H21N3OS/c1-16(13(17)7-4-8-14)9-12-15-10-5-2-3-6-11(10)18-12/h2-9,14H2,1H3. The fourth-order valence-electron chi connectivity index (χ4n) is 2.21. The van der Waals surface area contributed by atoms with Crippen LogP contribution in [-0.2, 0) is 24.2 Å². The molecule has 0 unspecified atom stereocenters. The van der Waals surface area contributed by atoms with E-state index in [-0.39, 0.29) is 5.91 Å². The van der Waals surface area contributed by atoms with Gasteiger partial charge in [-0.2, -0.15) is 0 Å². The van der Waals surface area contributed by atoms with Gasteiger partial charge < -0.3 is 10.6 Å². The number of carbonyl (C=O) groups is 1. The average molecular weight is 267 g/mol. The van der Waals surface area contributed by atoms with Crippen molar-refractivity contribution in [2.75, 3.05) is 13.6 Å². The second-order valence-electron chi connectivity index (χ2n) is 4.83. The molecule has 2 N–H and O–H groups in total. The molecule has 0 saturated carbocycles. The molecule has 0 aliphatic heterocycles. The van der Waals surface area contributed by atoms with Crippen LogP contribution in [0.3, 0.4) is 0 Å². The highest BCUT2D eigenvalue weighted by atomic mass is 32.1. The number of hydrogen-bond acceptors (Lipinski definition) is 4. The molecular formula is C13H21N3OS. The highest BCUT2D eigenvalue weighted by Crippen LogP contribution is 2.27. The van der Waals surface area contributed by atoms with Gasteiger partial charge in [0, 0.05) is 18.3 Å². The third-order valence-corrected chi connectivity index (χ3v) is 4.43. The monoisotopic (exact) mass is 267 g/mol. The van der Waals surface area contributed by atoms with E-state index in [9.17, 15) is 4.79 Å². The fourth-order valence-corrected chi connectivity index (χ4v) is 3.42.